The Morgan fingerprint density at radius 1 is 1.07 bits per heavy atom. The van der Waals surface area contributed by atoms with E-state index in [0.29, 0.717) is 23.1 Å². The molecule has 1 aliphatic heterocycles. The molecule has 6 nitrogen and oxygen atoms in total. The van der Waals surface area contributed by atoms with Crippen LogP contribution in [0.15, 0.2) is 65.1 Å². The Morgan fingerprint density at radius 3 is 2.57 bits per heavy atom. The maximum absolute atomic E-state index is 12.6. The summed E-state index contributed by atoms with van der Waals surface area (Å²) in [7, 11) is 1.99. The fraction of sp³-hybridized carbons (Fsp3) is 0.250. The van der Waals surface area contributed by atoms with Gasteiger partial charge in [-0.3, -0.25) is 9.59 Å². The van der Waals surface area contributed by atoms with Crippen LogP contribution in [0.1, 0.15) is 34.3 Å². The first-order valence-electron chi connectivity index (χ1n) is 10.1. The van der Waals surface area contributed by atoms with Crippen LogP contribution in [-0.4, -0.2) is 37.9 Å². The van der Waals surface area contributed by atoms with E-state index in [1.54, 1.807) is 30.3 Å². The fourth-order valence-corrected chi connectivity index (χ4v) is 3.69. The molecule has 2 aromatic carbocycles. The lowest BCUT2D eigenvalue weighted by Gasteiger charge is -2.19. The van der Waals surface area contributed by atoms with Crippen LogP contribution in [0, 0.1) is 0 Å². The third-order valence-corrected chi connectivity index (χ3v) is 5.47. The Bertz CT molecular complexity index is 1060. The lowest BCUT2D eigenvalue weighted by atomic mass is 10.1. The smallest absolute Gasteiger partial charge is 0.291 e. The normalized spacial score (nSPS) is 15.9. The molecule has 2 N–H and O–H groups in total. The summed E-state index contributed by atoms with van der Waals surface area (Å²) in [5, 5.41) is 6.19. The SMILES string of the molecule is CNC1CCN(c2ccc(NC(=O)c3ccc(-c4cccc(C(C)=O)c4)o3)cc2)C1. The number of amides is 1. The molecule has 1 unspecified atom stereocenters. The van der Waals surface area contributed by atoms with E-state index in [2.05, 4.69) is 15.5 Å². The average Bonchev–Trinajstić information content (AvgIpc) is 3.44. The van der Waals surface area contributed by atoms with Gasteiger partial charge in [0.05, 0.1) is 0 Å². The van der Waals surface area contributed by atoms with Gasteiger partial charge in [0, 0.05) is 41.6 Å². The largest absolute Gasteiger partial charge is 0.451 e. The Hall–Kier alpha value is -3.38. The van der Waals surface area contributed by atoms with Crippen molar-refractivity contribution in [3.8, 4) is 11.3 Å². The van der Waals surface area contributed by atoms with Crippen molar-refractivity contribution < 1.29 is 14.0 Å². The third-order valence-electron chi connectivity index (χ3n) is 5.47. The minimum absolute atomic E-state index is 0.0137. The molecule has 3 aromatic rings. The molecule has 0 saturated carbocycles. The Balaban J connectivity index is 1.42. The minimum atomic E-state index is -0.312. The lowest BCUT2D eigenvalue weighted by Crippen LogP contribution is -2.29. The number of carbonyl (C=O) groups excluding carboxylic acids is 2. The van der Waals surface area contributed by atoms with Crippen molar-refractivity contribution in [3.05, 3.63) is 72.0 Å². The van der Waals surface area contributed by atoms with Gasteiger partial charge in [0.25, 0.3) is 5.91 Å². The van der Waals surface area contributed by atoms with Crippen LogP contribution in [-0.2, 0) is 0 Å². The molecule has 30 heavy (non-hydrogen) atoms. The number of likely N-dealkylation sites (N-methyl/N-ethyl adjacent to an activating group) is 1. The van der Waals surface area contributed by atoms with Gasteiger partial charge in [-0.15, -0.1) is 0 Å². The van der Waals surface area contributed by atoms with Crippen LogP contribution in [0.25, 0.3) is 11.3 Å². The van der Waals surface area contributed by atoms with Crippen LogP contribution >= 0.6 is 0 Å². The number of rotatable bonds is 6. The predicted octanol–water partition coefficient (Wildman–Crippen LogP) is 4.20. The summed E-state index contributed by atoms with van der Waals surface area (Å²) in [4.78, 5) is 26.5. The number of carbonyl (C=O) groups is 2. The van der Waals surface area contributed by atoms with Crippen LogP contribution in [0.5, 0.6) is 0 Å². The summed E-state index contributed by atoms with van der Waals surface area (Å²) >= 11 is 0. The van der Waals surface area contributed by atoms with Gasteiger partial charge in [-0.05, 0) is 62.9 Å². The molecule has 1 aromatic heterocycles. The standard InChI is InChI=1S/C24H25N3O3/c1-16(28)17-4-3-5-18(14-17)22-10-11-23(30-22)24(29)26-19-6-8-21(9-7-19)27-13-12-20(15-27)25-2/h3-11,14,20,25H,12-13,15H2,1-2H3,(H,26,29). The predicted molar refractivity (Wildman–Crippen MR) is 118 cm³/mol. The molecular weight excluding hydrogens is 378 g/mol. The maximum Gasteiger partial charge on any atom is 0.291 e. The zero-order valence-corrected chi connectivity index (χ0v) is 17.1. The monoisotopic (exact) mass is 403 g/mol. The molecule has 0 aliphatic carbocycles. The summed E-state index contributed by atoms with van der Waals surface area (Å²) in [6.07, 6.45) is 1.13. The van der Waals surface area contributed by atoms with Crippen molar-refractivity contribution >= 4 is 23.1 Å². The van der Waals surface area contributed by atoms with Gasteiger partial charge in [0.1, 0.15) is 5.76 Å². The van der Waals surface area contributed by atoms with Gasteiger partial charge in [0.15, 0.2) is 11.5 Å². The first-order chi connectivity index (χ1) is 14.5. The number of nitrogens with zero attached hydrogens (tertiary/aromatic N) is 1. The molecule has 1 atom stereocenters. The molecule has 154 valence electrons. The van der Waals surface area contributed by atoms with Gasteiger partial charge < -0.3 is 20.0 Å². The molecule has 1 aliphatic rings. The van der Waals surface area contributed by atoms with Crippen molar-refractivity contribution in [1.29, 1.82) is 0 Å². The molecular formula is C24H25N3O3. The van der Waals surface area contributed by atoms with Gasteiger partial charge in [0.2, 0.25) is 0 Å². The van der Waals surface area contributed by atoms with E-state index in [1.807, 2.05) is 37.4 Å². The second-order valence-corrected chi connectivity index (χ2v) is 7.52. The van der Waals surface area contributed by atoms with Crippen molar-refractivity contribution in [2.24, 2.45) is 0 Å². The third kappa shape index (κ3) is 4.28. The number of furan rings is 1. The summed E-state index contributed by atoms with van der Waals surface area (Å²) in [6, 6.07) is 18.9. The first-order valence-corrected chi connectivity index (χ1v) is 10.1. The Morgan fingerprint density at radius 2 is 1.87 bits per heavy atom. The average molecular weight is 403 g/mol. The highest BCUT2D eigenvalue weighted by Crippen LogP contribution is 2.25. The second kappa shape index (κ2) is 8.55. The van der Waals surface area contributed by atoms with E-state index < -0.39 is 0 Å². The summed E-state index contributed by atoms with van der Waals surface area (Å²) in [5.74, 6) is 0.443. The van der Waals surface area contributed by atoms with E-state index in [4.69, 9.17) is 4.42 Å². The van der Waals surface area contributed by atoms with Gasteiger partial charge in [-0.1, -0.05) is 18.2 Å². The topological polar surface area (TPSA) is 74.6 Å². The molecule has 4 rings (SSSR count). The fourth-order valence-electron chi connectivity index (χ4n) is 3.69. The molecule has 1 saturated heterocycles. The Labute approximate surface area is 175 Å². The highest BCUT2D eigenvalue weighted by molar-refractivity contribution is 6.02. The zero-order valence-electron chi connectivity index (χ0n) is 17.1. The number of anilines is 2. The highest BCUT2D eigenvalue weighted by Gasteiger charge is 2.21. The van der Waals surface area contributed by atoms with E-state index >= 15 is 0 Å². The van der Waals surface area contributed by atoms with Gasteiger partial charge >= 0.3 is 0 Å². The lowest BCUT2D eigenvalue weighted by molar-refractivity contribution is 0.0994. The van der Waals surface area contributed by atoms with E-state index in [1.165, 1.54) is 6.92 Å². The van der Waals surface area contributed by atoms with Crippen molar-refractivity contribution in [1.82, 2.24) is 5.32 Å². The number of hydrogen-bond acceptors (Lipinski definition) is 5. The van der Waals surface area contributed by atoms with Crippen molar-refractivity contribution in [2.45, 2.75) is 19.4 Å². The second-order valence-electron chi connectivity index (χ2n) is 7.52. The quantitative estimate of drug-likeness (QED) is 0.604. The summed E-state index contributed by atoms with van der Waals surface area (Å²) in [6.45, 7) is 3.54. The first kappa shape index (κ1) is 19.9. The summed E-state index contributed by atoms with van der Waals surface area (Å²) < 4.78 is 5.73. The zero-order chi connectivity index (χ0) is 21.1. The molecule has 6 heteroatoms. The van der Waals surface area contributed by atoms with Crippen molar-refractivity contribution in [3.63, 3.8) is 0 Å². The number of benzene rings is 2. The Kier molecular flexibility index (Phi) is 5.68. The van der Waals surface area contributed by atoms with Crippen LogP contribution in [0.2, 0.25) is 0 Å². The molecule has 0 spiro atoms. The molecule has 0 radical (unpaired) electrons. The van der Waals surface area contributed by atoms with Gasteiger partial charge in [-0.2, -0.15) is 0 Å². The van der Waals surface area contributed by atoms with Crippen molar-refractivity contribution in [2.75, 3.05) is 30.4 Å². The van der Waals surface area contributed by atoms with E-state index in [0.717, 1.165) is 30.8 Å². The van der Waals surface area contributed by atoms with Crippen LogP contribution < -0.4 is 15.5 Å². The van der Waals surface area contributed by atoms with Gasteiger partial charge in [-0.25, -0.2) is 0 Å². The summed E-state index contributed by atoms with van der Waals surface area (Å²) in [5.41, 5.74) is 3.23. The molecule has 1 amide bonds. The van der Waals surface area contributed by atoms with Crippen LogP contribution in [0.4, 0.5) is 11.4 Å². The number of nitrogens with one attached hydrogen (secondary N) is 2. The minimum Gasteiger partial charge on any atom is -0.451 e. The van der Waals surface area contributed by atoms with E-state index in [9.17, 15) is 9.59 Å². The number of hydrogen-bond donors (Lipinski definition) is 2. The van der Waals surface area contributed by atoms with Crippen LogP contribution in [0.3, 0.4) is 0 Å². The maximum atomic E-state index is 12.6. The molecule has 2 heterocycles. The highest BCUT2D eigenvalue weighted by atomic mass is 16.3. The molecule has 0 bridgehead atoms. The molecule has 1 fully saturated rings. The number of ketones is 1. The van der Waals surface area contributed by atoms with E-state index in [-0.39, 0.29) is 17.5 Å². The number of Topliss-reactive ketones (excluding diaryl/α,β-unsaturated/α-hetero) is 1.